The Morgan fingerprint density at radius 1 is 0.529 bits per heavy atom. The summed E-state index contributed by atoms with van der Waals surface area (Å²) < 4.78 is 0. The molecule has 0 amide bonds. The smallest absolute Gasteiger partial charge is 1.00 e. The zero-order valence-corrected chi connectivity index (χ0v) is 14.0. The SMILES string of the molecule is CC(C)C(C)B(C(C)C(C)C)C(C)C(C)C.[H-].[Li+]. The molecule has 0 fully saturated rings. The molecule has 0 saturated heterocycles. The van der Waals surface area contributed by atoms with Crippen molar-refractivity contribution in [3.05, 3.63) is 0 Å². The van der Waals surface area contributed by atoms with Crippen LogP contribution < -0.4 is 18.9 Å². The van der Waals surface area contributed by atoms with Gasteiger partial charge >= 0.3 is 18.9 Å². The molecule has 0 aromatic heterocycles. The summed E-state index contributed by atoms with van der Waals surface area (Å²) in [7, 11) is 0. The summed E-state index contributed by atoms with van der Waals surface area (Å²) in [5, 5.41) is 0. The van der Waals surface area contributed by atoms with E-state index in [-0.39, 0.29) is 20.3 Å². The van der Waals surface area contributed by atoms with E-state index in [1.165, 1.54) is 0 Å². The Bertz CT molecular complexity index is 162. The van der Waals surface area contributed by atoms with E-state index < -0.39 is 0 Å². The number of hydrogen-bond acceptors (Lipinski definition) is 0. The van der Waals surface area contributed by atoms with Crippen molar-refractivity contribution in [1.82, 2.24) is 0 Å². The summed E-state index contributed by atoms with van der Waals surface area (Å²) in [6.07, 6.45) is 0. The van der Waals surface area contributed by atoms with Crippen molar-refractivity contribution in [2.45, 2.75) is 79.8 Å². The van der Waals surface area contributed by atoms with E-state index >= 15 is 0 Å². The fourth-order valence-corrected chi connectivity index (χ4v) is 2.77. The van der Waals surface area contributed by atoms with Crippen molar-refractivity contribution in [2.24, 2.45) is 17.8 Å². The van der Waals surface area contributed by atoms with Gasteiger partial charge in [-0.15, -0.1) is 0 Å². The van der Waals surface area contributed by atoms with Gasteiger partial charge in [0.25, 0.3) is 0 Å². The van der Waals surface area contributed by atoms with Crippen molar-refractivity contribution in [2.75, 3.05) is 0 Å². The van der Waals surface area contributed by atoms with Crippen LogP contribution in [0.1, 0.15) is 63.7 Å². The molecule has 0 N–H and O–H groups in total. The molecule has 98 valence electrons. The van der Waals surface area contributed by atoms with Gasteiger partial charge < -0.3 is 1.43 Å². The predicted octanol–water partition coefficient (Wildman–Crippen LogP) is 2.74. The van der Waals surface area contributed by atoms with Gasteiger partial charge in [-0.3, -0.25) is 0 Å². The average molecular weight is 232 g/mol. The Labute approximate surface area is 124 Å². The molecular weight excluding hydrogens is 198 g/mol. The van der Waals surface area contributed by atoms with Crippen molar-refractivity contribution in [3.63, 3.8) is 0 Å². The number of hydrogen-bond donors (Lipinski definition) is 0. The van der Waals surface area contributed by atoms with Crippen LogP contribution in [0.2, 0.25) is 17.5 Å². The van der Waals surface area contributed by atoms with Gasteiger partial charge in [0.05, 0.1) is 0 Å². The maximum absolute atomic E-state index is 2.45. The first-order valence-electron chi connectivity index (χ1n) is 7.20. The van der Waals surface area contributed by atoms with Crippen molar-refractivity contribution in [1.29, 1.82) is 0 Å². The van der Waals surface area contributed by atoms with E-state index in [0.29, 0.717) is 0 Å². The Hall–Kier alpha value is 0.662. The minimum Gasteiger partial charge on any atom is -1.00 e. The van der Waals surface area contributed by atoms with Gasteiger partial charge in [0.15, 0.2) is 0 Å². The summed E-state index contributed by atoms with van der Waals surface area (Å²) in [6.45, 7) is 22.5. The van der Waals surface area contributed by atoms with Crippen LogP contribution in [0.15, 0.2) is 0 Å². The van der Waals surface area contributed by atoms with Gasteiger partial charge in [-0.2, -0.15) is 0 Å². The molecule has 0 aliphatic carbocycles. The van der Waals surface area contributed by atoms with E-state index in [0.717, 1.165) is 41.9 Å². The third-order valence-corrected chi connectivity index (χ3v) is 4.98. The van der Waals surface area contributed by atoms with Crippen molar-refractivity contribution >= 4 is 6.71 Å². The zero-order chi connectivity index (χ0) is 13.0. The molecule has 0 aromatic rings. The molecule has 17 heavy (non-hydrogen) atoms. The quantitative estimate of drug-likeness (QED) is 0.618. The Balaban J connectivity index is -0.00000112. The summed E-state index contributed by atoms with van der Waals surface area (Å²) in [6, 6.07) is 0. The molecule has 0 nitrogen and oxygen atoms in total. The molecule has 0 spiro atoms. The van der Waals surface area contributed by atoms with Crippen LogP contribution in [0.3, 0.4) is 0 Å². The molecule has 0 radical (unpaired) electrons. The van der Waals surface area contributed by atoms with Crippen LogP contribution in [-0.4, -0.2) is 6.71 Å². The van der Waals surface area contributed by atoms with Gasteiger partial charge in [-0.05, 0) is 0 Å². The second-order valence-electron chi connectivity index (χ2n) is 6.89. The van der Waals surface area contributed by atoms with Crippen molar-refractivity contribution in [3.8, 4) is 0 Å². The van der Waals surface area contributed by atoms with E-state index in [2.05, 4.69) is 62.3 Å². The average Bonchev–Trinajstić information content (AvgIpc) is 2.16. The van der Waals surface area contributed by atoms with E-state index in [4.69, 9.17) is 0 Å². The maximum atomic E-state index is 2.45. The molecule has 0 saturated carbocycles. The third kappa shape index (κ3) is 5.89. The number of rotatable bonds is 6. The maximum Gasteiger partial charge on any atom is 1.00 e. The molecule has 0 bridgehead atoms. The zero-order valence-electron chi connectivity index (χ0n) is 15.0. The minimum absolute atomic E-state index is 0. The first-order valence-corrected chi connectivity index (χ1v) is 7.20. The molecule has 0 aromatic carbocycles. The van der Waals surface area contributed by atoms with Crippen LogP contribution in [0.4, 0.5) is 0 Å². The second-order valence-corrected chi connectivity index (χ2v) is 6.89. The Morgan fingerprint density at radius 2 is 0.706 bits per heavy atom. The molecule has 0 aliphatic heterocycles. The summed E-state index contributed by atoms with van der Waals surface area (Å²) in [4.78, 5) is 0. The first kappa shape index (κ1) is 20.0. The molecule has 2 heteroatoms. The van der Waals surface area contributed by atoms with Crippen LogP contribution in [-0.2, 0) is 0 Å². The van der Waals surface area contributed by atoms with Gasteiger partial charge in [-0.25, -0.2) is 0 Å². The normalized spacial score (nSPS) is 16.9. The molecule has 3 unspecified atom stereocenters. The first-order chi connectivity index (χ1) is 7.20. The molecule has 0 rings (SSSR count). The van der Waals surface area contributed by atoms with Gasteiger partial charge in [0.1, 0.15) is 6.71 Å². The molecule has 0 heterocycles. The van der Waals surface area contributed by atoms with Crippen LogP contribution in [0, 0.1) is 17.8 Å². The van der Waals surface area contributed by atoms with Gasteiger partial charge in [-0.1, -0.05) is 97.5 Å². The van der Waals surface area contributed by atoms with Crippen LogP contribution in [0.25, 0.3) is 0 Å². The Kier molecular flexibility index (Phi) is 10.2. The third-order valence-electron chi connectivity index (χ3n) is 4.98. The fourth-order valence-electron chi connectivity index (χ4n) is 2.77. The summed E-state index contributed by atoms with van der Waals surface area (Å²) in [5.41, 5.74) is 0. The van der Waals surface area contributed by atoms with E-state index in [9.17, 15) is 0 Å². The van der Waals surface area contributed by atoms with Gasteiger partial charge in [0, 0.05) is 0 Å². The summed E-state index contributed by atoms with van der Waals surface area (Å²) >= 11 is 0. The summed E-state index contributed by atoms with van der Waals surface area (Å²) in [5.74, 6) is 4.88. The molecule has 0 aliphatic rings. The second kappa shape index (κ2) is 8.71. The minimum atomic E-state index is 0. The van der Waals surface area contributed by atoms with Crippen molar-refractivity contribution < 1.29 is 20.3 Å². The monoisotopic (exact) mass is 232 g/mol. The van der Waals surface area contributed by atoms with Crippen LogP contribution >= 0.6 is 0 Å². The standard InChI is InChI=1S/C15H33B.Li.H/c1-10(2)13(7)16(14(8)11(3)4)15(9)12(5)6;;/h10-15H,1-9H3;;/q;+1;-1. The molecular formula is C15H34BLi. The topological polar surface area (TPSA) is 0 Å². The largest absolute Gasteiger partial charge is 1.00 e. The fraction of sp³-hybridized carbons (Fsp3) is 1.00. The predicted molar refractivity (Wildman–Crippen MR) is 79.7 cm³/mol. The van der Waals surface area contributed by atoms with Crippen LogP contribution in [0.5, 0.6) is 0 Å². The Morgan fingerprint density at radius 3 is 0.824 bits per heavy atom. The van der Waals surface area contributed by atoms with E-state index in [1.807, 2.05) is 0 Å². The van der Waals surface area contributed by atoms with E-state index in [1.54, 1.807) is 0 Å². The molecule has 3 atom stereocenters. The van der Waals surface area contributed by atoms with Gasteiger partial charge in [0.2, 0.25) is 0 Å².